The molecule has 8 nitrogen and oxygen atoms in total. The summed E-state index contributed by atoms with van der Waals surface area (Å²) >= 11 is 0. The Labute approximate surface area is 151 Å². The fourth-order valence-corrected chi connectivity index (χ4v) is 4.11. The third-order valence-corrected chi connectivity index (χ3v) is 5.42. The van der Waals surface area contributed by atoms with Gasteiger partial charge in [0.2, 0.25) is 0 Å². The van der Waals surface area contributed by atoms with Gasteiger partial charge in [-0.3, -0.25) is 19.7 Å². The predicted octanol–water partition coefficient (Wildman–Crippen LogP) is 1.95. The number of primary amides is 1. The molecule has 0 spiro atoms. The lowest BCUT2D eigenvalue weighted by atomic mass is 9.77. The van der Waals surface area contributed by atoms with Crippen molar-refractivity contribution in [1.82, 2.24) is 5.32 Å². The molecule has 1 saturated carbocycles. The van der Waals surface area contributed by atoms with Crippen LogP contribution in [-0.4, -0.2) is 35.3 Å². The number of nitrogens with zero attached hydrogens (tertiary/aromatic N) is 1. The Hall–Kier alpha value is -2.48. The highest BCUT2D eigenvalue weighted by Crippen LogP contribution is 2.33. The first-order valence-electron chi connectivity index (χ1n) is 8.95. The lowest BCUT2D eigenvalue weighted by Crippen LogP contribution is -2.58. The minimum atomic E-state index is -0.890. The predicted molar refractivity (Wildman–Crippen MR) is 94.0 cm³/mol. The van der Waals surface area contributed by atoms with Gasteiger partial charge in [-0.25, -0.2) is 0 Å². The number of aldehydes is 1. The fraction of sp³-hybridized carbons (Fsp3) is 0.556. The number of nitro benzene ring substituents is 1. The van der Waals surface area contributed by atoms with E-state index in [1.165, 1.54) is 37.5 Å². The molecule has 0 bridgehead atoms. The van der Waals surface area contributed by atoms with Crippen LogP contribution < -0.4 is 15.8 Å². The van der Waals surface area contributed by atoms with Gasteiger partial charge < -0.3 is 15.8 Å². The van der Waals surface area contributed by atoms with E-state index in [9.17, 15) is 19.7 Å². The average molecular weight is 361 g/mol. The fourth-order valence-electron chi connectivity index (χ4n) is 4.11. The molecule has 2 aliphatic rings. The summed E-state index contributed by atoms with van der Waals surface area (Å²) in [6, 6.07) is 4.01. The van der Waals surface area contributed by atoms with Crippen molar-refractivity contribution < 1.29 is 19.2 Å². The topological polar surface area (TPSA) is 125 Å². The number of nitro groups is 1. The Kier molecular flexibility index (Phi) is 5.51. The maximum Gasteiger partial charge on any atom is 0.280 e. The van der Waals surface area contributed by atoms with Crippen LogP contribution in [0.5, 0.6) is 5.75 Å². The monoisotopic (exact) mass is 361 g/mol. The van der Waals surface area contributed by atoms with Crippen molar-refractivity contribution in [3.8, 4) is 5.75 Å². The number of nitrogens with two attached hydrogens (primary N) is 1. The summed E-state index contributed by atoms with van der Waals surface area (Å²) in [5.41, 5.74) is 5.15. The lowest BCUT2D eigenvalue weighted by Gasteiger charge is -2.42. The maximum atomic E-state index is 12.0. The van der Waals surface area contributed by atoms with Gasteiger partial charge in [0.05, 0.1) is 16.5 Å². The zero-order valence-corrected chi connectivity index (χ0v) is 14.4. The standard InChI is InChI=1S/C18H23N3O5/c19-18(23)17(15-7-5-11-3-1-2-4-14(11)20-15)26-13-6-8-16(21(24)25)12(9-13)10-22/h6,8-11,14-15,17,20H,1-5,7H2,(H2,19,23). The van der Waals surface area contributed by atoms with Crippen molar-refractivity contribution in [2.45, 2.75) is 56.7 Å². The van der Waals surface area contributed by atoms with Gasteiger partial charge in [0, 0.05) is 12.1 Å². The second-order valence-electron chi connectivity index (χ2n) is 7.04. The number of carbonyl (C=O) groups is 2. The first-order chi connectivity index (χ1) is 12.5. The molecule has 1 amide bonds. The molecule has 1 aromatic rings. The third-order valence-electron chi connectivity index (χ3n) is 5.42. The molecule has 1 aromatic carbocycles. The number of nitrogens with one attached hydrogen (secondary N) is 1. The molecule has 3 rings (SSSR count). The van der Waals surface area contributed by atoms with E-state index in [2.05, 4.69) is 5.32 Å². The van der Waals surface area contributed by atoms with Gasteiger partial charge >= 0.3 is 0 Å². The van der Waals surface area contributed by atoms with Crippen LogP contribution in [0.15, 0.2) is 18.2 Å². The van der Waals surface area contributed by atoms with Crippen molar-refractivity contribution in [2.75, 3.05) is 0 Å². The van der Waals surface area contributed by atoms with Gasteiger partial charge in [0.25, 0.3) is 11.6 Å². The van der Waals surface area contributed by atoms with Crippen LogP contribution in [0.4, 0.5) is 5.69 Å². The van der Waals surface area contributed by atoms with Gasteiger partial charge in [0.1, 0.15) is 5.75 Å². The molecule has 8 heteroatoms. The maximum absolute atomic E-state index is 12.0. The van der Waals surface area contributed by atoms with Crippen LogP contribution in [0.3, 0.4) is 0 Å². The van der Waals surface area contributed by atoms with Gasteiger partial charge in [0.15, 0.2) is 12.4 Å². The van der Waals surface area contributed by atoms with E-state index < -0.39 is 16.9 Å². The number of hydrogen-bond acceptors (Lipinski definition) is 6. The Morgan fingerprint density at radius 1 is 1.31 bits per heavy atom. The van der Waals surface area contributed by atoms with Crippen LogP contribution >= 0.6 is 0 Å². The van der Waals surface area contributed by atoms with E-state index in [0.29, 0.717) is 18.2 Å². The first kappa shape index (κ1) is 18.3. The molecule has 3 N–H and O–H groups in total. The molecular formula is C18H23N3O5. The Morgan fingerprint density at radius 3 is 2.77 bits per heavy atom. The summed E-state index contributed by atoms with van der Waals surface area (Å²) < 4.78 is 5.75. The number of piperidine rings is 1. The van der Waals surface area contributed by atoms with Crippen molar-refractivity contribution in [2.24, 2.45) is 11.7 Å². The molecule has 1 aliphatic carbocycles. The lowest BCUT2D eigenvalue weighted by molar-refractivity contribution is -0.385. The average Bonchev–Trinajstić information content (AvgIpc) is 2.65. The SMILES string of the molecule is NC(=O)C(Oc1ccc([N+](=O)[O-])c(C=O)c1)C1CCC2CCCCC2N1. The van der Waals surface area contributed by atoms with Gasteiger partial charge in [-0.05, 0) is 43.7 Å². The van der Waals surface area contributed by atoms with E-state index in [4.69, 9.17) is 10.5 Å². The summed E-state index contributed by atoms with van der Waals surface area (Å²) in [6.07, 6.45) is 6.03. The number of carbonyl (C=O) groups excluding carboxylic acids is 2. The smallest absolute Gasteiger partial charge is 0.280 e. The van der Waals surface area contributed by atoms with Gasteiger partial charge in [-0.2, -0.15) is 0 Å². The van der Waals surface area contributed by atoms with Gasteiger partial charge in [-0.15, -0.1) is 0 Å². The molecule has 1 aliphatic heterocycles. The molecule has 4 atom stereocenters. The summed E-state index contributed by atoms with van der Waals surface area (Å²) in [5, 5.41) is 14.4. The Balaban J connectivity index is 1.76. The highest BCUT2D eigenvalue weighted by molar-refractivity contribution is 5.83. The molecule has 140 valence electrons. The van der Waals surface area contributed by atoms with Crippen LogP contribution in [-0.2, 0) is 4.79 Å². The molecule has 4 unspecified atom stereocenters. The minimum absolute atomic E-state index is 0.0975. The summed E-state index contributed by atoms with van der Waals surface area (Å²) in [5.74, 6) is 0.256. The summed E-state index contributed by atoms with van der Waals surface area (Å²) in [6.45, 7) is 0. The normalized spacial score (nSPS) is 26.4. The number of fused-ring (bicyclic) bond motifs is 1. The van der Waals surface area contributed by atoms with Crippen molar-refractivity contribution in [1.29, 1.82) is 0 Å². The number of ether oxygens (including phenoxy) is 1. The van der Waals surface area contributed by atoms with E-state index >= 15 is 0 Å². The van der Waals surface area contributed by atoms with Crippen LogP contribution in [0.1, 0.15) is 48.9 Å². The summed E-state index contributed by atoms with van der Waals surface area (Å²) in [4.78, 5) is 33.4. The number of rotatable bonds is 6. The number of benzene rings is 1. The zero-order valence-electron chi connectivity index (χ0n) is 14.4. The highest BCUT2D eigenvalue weighted by Gasteiger charge is 2.38. The van der Waals surface area contributed by atoms with E-state index in [-0.39, 0.29) is 23.0 Å². The van der Waals surface area contributed by atoms with Gasteiger partial charge in [-0.1, -0.05) is 12.8 Å². The number of hydrogen-bond donors (Lipinski definition) is 2. The first-order valence-corrected chi connectivity index (χ1v) is 8.95. The second-order valence-corrected chi connectivity index (χ2v) is 7.04. The molecular weight excluding hydrogens is 338 g/mol. The molecule has 0 aromatic heterocycles. The van der Waals surface area contributed by atoms with Crippen LogP contribution in [0.25, 0.3) is 0 Å². The zero-order chi connectivity index (χ0) is 18.7. The number of amides is 1. The quantitative estimate of drug-likeness (QED) is 0.453. The van der Waals surface area contributed by atoms with Crippen molar-refractivity contribution >= 4 is 17.9 Å². The highest BCUT2D eigenvalue weighted by atomic mass is 16.6. The molecule has 26 heavy (non-hydrogen) atoms. The van der Waals surface area contributed by atoms with E-state index in [1.807, 2.05) is 0 Å². The second kappa shape index (κ2) is 7.82. The van der Waals surface area contributed by atoms with E-state index in [1.54, 1.807) is 0 Å². The van der Waals surface area contributed by atoms with Crippen molar-refractivity contribution in [3.05, 3.63) is 33.9 Å². The van der Waals surface area contributed by atoms with E-state index in [0.717, 1.165) is 19.3 Å². The largest absolute Gasteiger partial charge is 0.479 e. The minimum Gasteiger partial charge on any atom is -0.479 e. The van der Waals surface area contributed by atoms with Crippen molar-refractivity contribution in [3.63, 3.8) is 0 Å². The third kappa shape index (κ3) is 3.85. The van der Waals surface area contributed by atoms with Crippen LogP contribution in [0.2, 0.25) is 0 Å². The Morgan fingerprint density at radius 2 is 2.08 bits per heavy atom. The molecule has 2 fully saturated rings. The Bertz CT molecular complexity index is 708. The van der Waals surface area contributed by atoms with Crippen LogP contribution in [0, 0.1) is 16.0 Å². The molecule has 1 saturated heterocycles. The molecule has 0 radical (unpaired) electrons. The molecule has 1 heterocycles. The summed E-state index contributed by atoms with van der Waals surface area (Å²) in [7, 11) is 0.